The van der Waals surface area contributed by atoms with Gasteiger partial charge in [-0.2, -0.15) is 0 Å². The van der Waals surface area contributed by atoms with Gasteiger partial charge in [-0.1, -0.05) is 24.3 Å². The lowest BCUT2D eigenvalue weighted by Crippen LogP contribution is -2.29. The molecule has 0 aliphatic carbocycles. The number of benzene rings is 3. The number of aromatic nitrogens is 2. The number of pyridine rings is 1. The average Bonchev–Trinajstić information content (AvgIpc) is 3.64. The molecule has 8 nitrogen and oxygen atoms in total. The molecule has 0 radical (unpaired) electrons. The zero-order valence-electron chi connectivity index (χ0n) is 23.4. The van der Waals surface area contributed by atoms with Gasteiger partial charge in [0, 0.05) is 45.9 Å². The topological polar surface area (TPSA) is 108 Å². The smallest absolute Gasteiger partial charge is 0.231 e. The third-order valence-electron chi connectivity index (χ3n) is 8.35. The van der Waals surface area contributed by atoms with Crippen molar-refractivity contribution < 1.29 is 14.3 Å². The molecule has 2 aliphatic rings. The Morgan fingerprint density at radius 2 is 1.60 bits per heavy atom. The minimum Gasteiger partial charge on any atom is -0.490 e. The molecule has 210 valence electrons. The predicted octanol–water partition coefficient (Wildman–Crippen LogP) is 6.44. The first-order valence-electron chi connectivity index (χ1n) is 14.2. The molecule has 0 saturated carbocycles. The van der Waals surface area contributed by atoms with Gasteiger partial charge in [0.25, 0.3) is 0 Å². The highest BCUT2D eigenvalue weighted by molar-refractivity contribution is 6.03. The van der Waals surface area contributed by atoms with Crippen molar-refractivity contribution in [1.29, 1.82) is 0 Å². The van der Waals surface area contributed by atoms with Crippen molar-refractivity contribution in [3.05, 3.63) is 102 Å². The maximum atomic E-state index is 12.2. The van der Waals surface area contributed by atoms with Crippen molar-refractivity contribution in [2.45, 2.75) is 38.1 Å². The Kier molecular flexibility index (Phi) is 6.38. The lowest BCUT2D eigenvalue weighted by Gasteiger charge is -2.21. The maximum Gasteiger partial charge on any atom is 0.231 e. The summed E-state index contributed by atoms with van der Waals surface area (Å²) in [5, 5.41) is 10.7. The van der Waals surface area contributed by atoms with Crippen LogP contribution >= 0.6 is 0 Å². The molecule has 2 amide bonds. The summed E-state index contributed by atoms with van der Waals surface area (Å²) in [4.78, 5) is 32.1. The van der Waals surface area contributed by atoms with Crippen LogP contribution < -0.4 is 20.7 Å². The summed E-state index contributed by atoms with van der Waals surface area (Å²) in [5.41, 5.74) is 8.86. The van der Waals surface area contributed by atoms with Gasteiger partial charge in [0.2, 0.25) is 11.8 Å². The van der Waals surface area contributed by atoms with E-state index in [0.717, 1.165) is 51.3 Å². The van der Waals surface area contributed by atoms with Gasteiger partial charge in [0.1, 0.15) is 12.4 Å². The fraction of sp³-hybridized carbons (Fsp3) is 0.206. The second-order valence-electron chi connectivity index (χ2n) is 11.2. The molecule has 0 bridgehead atoms. The number of H-pyrrole nitrogens is 1. The molecular formula is C34H31N5O3. The Bertz CT molecular complexity index is 1840. The standard InChI is InChI=1S/C34H31N5O3/c1-19-28-13-21(7-9-31(28)38-33(19)40)22-12-26(17-35-15-22)42-18-25(11-23-16-36-30-6-4-3-5-27(23)30)37-24-8-10-32-29(14-24)20(2)34(41)39-32/h3-10,12-17,19-20,25,36-37H,11,18H2,1-2H3,(H,38,40)(H,39,41)/t19?,20?,25-/m0/s1. The van der Waals surface area contributed by atoms with Crippen molar-refractivity contribution in [2.24, 2.45) is 0 Å². The largest absolute Gasteiger partial charge is 0.490 e. The van der Waals surface area contributed by atoms with Gasteiger partial charge in [0.15, 0.2) is 0 Å². The molecule has 3 aromatic carbocycles. The molecule has 7 rings (SSSR count). The van der Waals surface area contributed by atoms with E-state index in [4.69, 9.17) is 4.74 Å². The number of carbonyl (C=O) groups is 2. The molecule has 5 aromatic rings. The van der Waals surface area contributed by atoms with Crippen molar-refractivity contribution in [1.82, 2.24) is 9.97 Å². The molecule has 3 atom stereocenters. The highest BCUT2D eigenvalue weighted by Crippen LogP contribution is 2.36. The molecule has 42 heavy (non-hydrogen) atoms. The number of para-hydroxylation sites is 1. The van der Waals surface area contributed by atoms with E-state index in [1.165, 1.54) is 10.9 Å². The Labute approximate surface area is 243 Å². The lowest BCUT2D eigenvalue weighted by molar-refractivity contribution is -0.117. The van der Waals surface area contributed by atoms with Crippen LogP contribution in [-0.4, -0.2) is 34.4 Å². The van der Waals surface area contributed by atoms with E-state index in [1.807, 2.05) is 62.5 Å². The van der Waals surface area contributed by atoms with E-state index in [0.29, 0.717) is 12.4 Å². The van der Waals surface area contributed by atoms with E-state index in [1.54, 1.807) is 6.20 Å². The number of amides is 2. The normalized spacial score (nSPS) is 17.9. The molecule has 4 N–H and O–H groups in total. The van der Waals surface area contributed by atoms with Crippen LogP contribution in [0.25, 0.3) is 22.0 Å². The fourth-order valence-electron chi connectivity index (χ4n) is 5.91. The third kappa shape index (κ3) is 4.75. The van der Waals surface area contributed by atoms with E-state index >= 15 is 0 Å². The van der Waals surface area contributed by atoms with E-state index in [-0.39, 0.29) is 29.7 Å². The number of carbonyl (C=O) groups excluding carboxylic acids is 2. The first-order valence-corrected chi connectivity index (χ1v) is 14.2. The van der Waals surface area contributed by atoms with E-state index in [2.05, 4.69) is 56.4 Å². The quantitative estimate of drug-likeness (QED) is 0.176. The molecule has 2 aliphatic heterocycles. The summed E-state index contributed by atoms with van der Waals surface area (Å²) in [6, 6.07) is 22.2. The molecule has 0 fully saturated rings. The summed E-state index contributed by atoms with van der Waals surface area (Å²) in [6.45, 7) is 4.24. The monoisotopic (exact) mass is 557 g/mol. The number of ether oxygens (including phenoxy) is 1. The minimum atomic E-state index is -0.185. The number of fused-ring (bicyclic) bond motifs is 3. The van der Waals surface area contributed by atoms with Gasteiger partial charge in [-0.15, -0.1) is 0 Å². The summed E-state index contributed by atoms with van der Waals surface area (Å²) in [6.07, 6.45) is 6.32. The maximum absolute atomic E-state index is 12.2. The van der Waals surface area contributed by atoms with Crippen LogP contribution in [0.3, 0.4) is 0 Å². The lowest BCUT2D eigenvalue weighted by atomic mass is 9.98. The van der Waals surface area contributed by atoms with Crippen molar-refractivity contribution in [3.8, 4) is 16.9 Å². The van der Waals surface area contributed by atoms with Crippen molar-refractivity contribution in [2.75, 3.05) is 22.6 Å². The fourth-order valence-corrected chi connectivity index (χ4v) is 5.91. The number of aromatic amines is 1. The zero-order chi connectivity index (χ0) is 28.8. The summed E-state index contributed by atoms with van der Waals surface area (Å²) in [7, 11) is 0. The van der Waals surface area contributed by atoms with Crippen molar-refractivity contribution in [3.63, 3.8) is 0 Å². The van der Waals surface area contributed by atoms with Gasteiger partial charge >= 0.3 is 0 Å². The highest BCUT2D eigenvalue weighted by atomic mass is 16.5. The van der Waals surface area contributed by atoms with E-state index in [9.17, 15) is 9.59 Å². The van der Waals surface area contributed by atoms with Gasteiger partial charge in [-0.25, -0.2) is 0 Å². The van der Waals surface area contributed by atoms with Crippen LogP contribution in [0.1, 0.15) is 42.4 Å². The Morgan fingerprint density at radius 3 is 2.40 bits per heavy atom. The molecule has 4 heterocycles. The van der Waals surface area contributed by atoms with Crippen LogP contribution in [0, 0.1) is 0 Å². The number of rotatable bonds is 8. The molecular weight excluding hydrogens is 526 g/mol. The van der Waals surface area contributed by atoms with Crippen LogP contribution in [0.2, 0.25) is 0 Å². The molecule has 2 aromatic heterocycles. The minimum absolute atomic E-state index is 0.0202. The van der Waals surface area contributed by atoms with Gasteiger partial charge in [0.05, 0.1) is 24.1 Å². The average molecular weight is 558 g/mol. The number of hydrogen-bond acceptors (Lipinski definition) is 5. The first kappa shape index (κ1) is 25.8. The number of hydrogen-bond donors (Lipinski definition) is 4. The first-order chi connectivity index (χ1) is 20.4. The van der Waals surface area contributed by atoms with E-state index < -0.39 is 0 Å². The van der Waals surface area contributed by atoms with Gasteiger partial charge < -0.3 is 25.7 Å². The summed E-state index contributed by atoms with van der Waals surface area (Å²) >= 11 is 0. The SMILES string of the molecule is CC1C(=O)Nc2ccc(N[C@H](COc3cncc(-c4ccc5c(c4)C(C)C(=O)N5)c3)Cc3c[nH]c4ccccc34)cc21. The second kappa shape index (κ2) is 10.4. The molecule has 2 unspecified atom stereocenters. The molecule has 0 spiro atoms. The highest BCUT2D eigenvalue weighted by Gasteiger charge is 2.28. The van der Waals surface area contributed by atoms with Crippen molar-refractivity contribution >= 4 is 39.8 Å². The predicted molar refractivity (Wildman–Crippen MR) is 165 cm³/mol. The number of nitrogens with zero attached hydrogens (tertiary/aromatic N) is 1. The Balaban J connectivity index is 1.13. The molecule has 0 saturated heterocycles. The number of anilines is 3. The van der Waals surface area contributed by atoms with Crippen LogP contribution in [0.15, 0.2) is 85.3 Å². The Morgan fingerprint density at radius 1 is 0.857 bits per heavy atom. The van der Waals surface area contributed by atoms with Crippen LogP contribution in [0.4, 0.5) is 17.1 Å². The Hall–Kier alpha value is -5.11. The summed E-state index contributed by atoms with van der Waals surface area (Å²) < 4.78 is 6.36. The number of nitrogens with one attached hydrogen (secondary N) is 4. The molecule has 8 heteroatoms. The summed E-state index contributed by atoms with van der Waals surface area (Å²) in [5.74, 6) is 0.341. The van der Waals surface area contributed by atoms with Gasteiger partial charge in [-0.05, 0) is 85.0 Å². The van der Waals surface area contributed by atoms with Crippen LogP contribution in [-0.2, 0) is 16.0 Å². The zero-order valence-corrected chi connectivity index (χ0v) is 23.4. The van der Waals surface area contributed by atoms with Gasteiger partial charge in [-0.3, -0.25) is 14.6 Å². The third-order valence-corrected chi connectivity index (χ3v) is 8.35. The second-order valence-corrected chi connectivity index (χ2v) is 11.2. The van der Waals surface area contributed by atoms with Crippen LogP contribution in [0.5, 0.6) is 5.75 Å².